The van der Waals surface area contributed by atoms with Crippen LogP contribution >= 0.6 is 0 Å². The van der Waals surface area contributed by atoms with Crippen molar-refractivity contribution >= 4 is 10.8 Å². The van der Waals surface area contributed by atoms with Crippen molar-refractivity contribution in [3.63, 3.8) is 0 Å². The highest BCUT2D eigenvalue weighted by molar-refractivity contribution is 5.85. The van der Waals surface area contributed by atoms with Gasteiger partial charge in [-0.3, -0.25) is 0 Å². The molecule has 0 amide bonds. The molecule has 0 saturated heterocycles. The van der Waals surface area contributed by atoms with Gasteiger partial charge in [-0.1, -0.05) is 60.7 Å². The quantitative estimate of drug-likeness (QED) is 0.597. The molecule has 4 heteroatoms. The van der Waals surface area contributed by atoms with Crippen molar-refractivity contribution in [3.8, 4) is 0 Å². The summed E-state index contributed by atoms with van der Waals surface area (Å²) < 4.78 is 38.3. The average molecular weight is 357 g/mol. The molecular weight excluding hydrogens is 335 g/mol. The van der Waals surface area contributed by atoms with Gasteiger partial charge in [-0.15, -0.1) is 0 Å². The van der Waals surface area contributed by atoms with Crippen LogP contribution in [0.3, 0.4) is 0 Å². The van der Waals surface area contributed by atoms with Gasteiger partial charge >= 0.3 is 6.18 Å². The average Bonchev–Trinajstić information content (AvgIpc) is 2.64. The number of benzene rings is 3. The van der Waals surface area contributed by atoms with E-state index in [1.54, 1.807) is 6.07 Å². The molecule has 0 saturated carbocycles. The van der Waals surface area contributed by atoms with E-state index in [9.17, 15) is 13.2 Å². The lowest BCUT2D eigenvalue weighted by molar-refractivity contribution is -0.137. The third-order valence-corrected chi connectivity index (χ3v) is 4.72. The highest BCUT2D eigenvalue weighted by Crippen LogP contribution is 2.30. The summed E-state index contributed by atoms with van der Waals surface area (Å²) in [5, 5.41) is 2.45. The topological polar surface area (TPSA) is 26.0 Å². The number of nitrogens with two attached hydrogens (primary N) is 1. The minimum absolute atomic E-state index is 0.0384. The molecule has 0 aliphatic heterocycles. The number of alkyl halides is 3. The second kappa shape index (κ2) is 7.92. The predicted octanol–water partition coefficient (Wildman–Crippen LogP) is 5.75. The van der Waals surface area contributed by atoms with E-state index in [-0.39, 0.29) is 6.04 Å². The lowest BCUT2D eigenvalue weighted by Crippen LogP contribution is -2.21. The number of hydrogen-bond acceptors (Lipinski definition) is 1. The predicted molar refractivity (Wildman–Crippen MR) is 100 cm³/mol. The number of hydrogen-bond donors (Lipinski definition) is 1. The summed E-state index contributed by atoms with van der Waals surface area (Å²) in [4.78, 5) is 0. The van der Waals surface area contributed by atoms with Gasteiger partial charge in [0.05, 0.1) is 5.56 Å². The summed E-state index contributed by atoms with van der Waals surface area (Å²) in [5.74, 6) is 0. The number of fused-ring (bicyclic) bond motifs is 1. The molecular formula is C22H22F3N. The highest BCUT2D eigenvalue weighted by atomic mass is 19.4. The second-order valence-corrected chi connectivity index (χ2v) is 6.67. The first kappa shape index (κ1) is 18.5. The van der Waals surface area contributed by atoms with E-state index in [4.69, 9.17) is 5.73 Å². The van der Waals surface area contributed by atoms with Gasteiger partial charge in [-0.05, 0) is 53.6 Å². The minimum atomic E-state index is -4.30. The van der Waals surface area contributed by atoms with Crippen molar-refractivity contribution < 1.29 is 13.2 Å². The van der Waals surface area contributed by atoms with Crippen molar-refractivity contribution in [2.45, 2.75) is 37.9 Å². The van der Waals surface area contributed by atoms with Crippen LogP contribution in [0.15, 0.2) is 66.7 Å². The van der Waals surface area contributed by atoms with Crippen LogP contribution in [0.4, 0.5) is 13.2 Å². The Morgan fingerprint density at radius 2 is 1.50 bits per heavy atom. The van der Waals surface area contributed by atoms with Crippen molar-refractivity contribution in [1.29, 1.82) is 0 Å². The van der Waals surface area contributed by atoms with Gasteiger partial charge in [0.2, 0.25) is 0 Å². The molecule has 0 aromatic heterocycles. The Labute approximate surface area is 151 Å². The Balaban J connectivity index is 1.57. The SMILES string of the molecule is N[C@H](CCc1cccc(C(F)(F)F)c1)CCc1cccc2ccccc12. The van der Waals surface area contributed by atoms with E-state index in [1.807, 2.05) is 18.2 Å². The summed E-state index contributed by atoms with van der Waals surface area (Å²) in [7, 11) is 0. The molecule has 3 aromatic carbocycles. The molecule has 0 unspecified atom stereocenters. The minimum Gasteiger partial charge on any atom is -0.328 e. The van der Waals surface area contributed by atoms with Crippen LogP contribution in [-0.4, -0.2) is 6.04 Å². The molecule has 136 valence electrons. The van der Waals surface area contributed by atoms with E-state index >= 15 is 0 Å². The molecule has 3 rings (SSSR count). The fourth-order valence-electron chi connectivity index (χ4n) is 3.25. The number of rotatable bonds is 6. The zero-order valence-corrected chi connectivity index (χ0v) is 14.5. The van der Waals surface area contributed by atoms with Gasteiger partial charge in [0.15, 0.2) is 0 Å². The standard InChI is InChI=1S/C22H22F3N/c23-22(24,25)19-9-3-5-16(15-19)11-13-20(26)14-12-18-8-4-7-17-6-1-2-10-21(17)18/h1-10,15,20H,11-14,26H2/t20-/m1/s1. The smallest absolute Gasteiger partial charge is 0.328 e. The summed E-state index contributed by atoms with van der Waals surface area (Å²) >= 11 is 0. The first-order chi connectivity index (χ1) is 12.4. The van der Waals surface area contributed by atoms with Gasteiger partial charge in [-0.2, -0.15) is 13.2 Å². The molecule has 1 nitrogen and oxygen atoms in total. The van der Waals surface area contributed by atoms with Crippen LogP contribution in [0.25, 0.3) is 10.8 Å². The van der Waals surface area contributed by atoms with Crippen molar-refractivity contribution in [3.05, 3.63) is 83.4 Å². The van der Waals surface area contributed by atoms with Crippen LogP contribution in [0.5, 0.6) is 0 Å². The maximum absolute atomic E-state index is 12.8. The zero-order valence-electron chi connectivity index (χ0n) is 14.5. The molecule has 0 spiro atoms. The molecule has 1 atom stereocenters. The number of halogens is 3. The van der Waals surface area contributed by atoms with E-state index in [0.717, 1.165) is 18.9 Å². The Morgan fingerprint density at radius 3 is 2.31 bits per heavy atom. The third kappa shape index (κ3) is 4.64. The molecule has 0 aliphatic rings. The Morgan fingerprint density at radius 1 is 0.808 bits per heavy atom. The summed E-state index contributed by atoms with van der Waals surface area (Å²) in [6.45, 7) is 0. The first-order valence-electron chi connectivity index (χ1n) is 8.82. The fourth-order valence-corrected chi connectivity index (χ4v) is 3.25. The van der Waals surface area contributed by atoms with Crippen molar-refractivity contribution in [1.82, 2.24) is 0 Å². The van der Waals surface area contributed by atoms with Crippen LogP contribution < -0.4 is 5.73 Å². The zero-order chi connectivity index (χ0) is 18.6. The normalized spacial score (nSPS) is 13.1. The lowest BCUT2D eigenvalue weighted by atomic mass is 9.96. The fraction of sp³-hybridized carbons (Fsp3) is 0.273. The monoisotopic (exact) mass is 357 g/mol. The highest BCUT2D eigenvalue weighted by Gasteiger charge is 2.30. The summed E-state index contributed by atoms with van der Waals surface area (Å²) in [6.07, 6.45) is -1.39. The molecule has 3 aromatic rings. The first-order valence-corrected chi connectivity index (χ1v) is 8.82. The van der Waals surface area contributed by atoms with Gasteiger partial charge in [0.25, 0.3) is 0 Å². The molecule has 2 N–H and O–H groups in total. The Bertz CT molecular complexity index is 865. The van der Waals surface area contributed by atoms with E-state index in [1.165, 1.54) is 28.5 Å². The summed E-state index contributed by atoms with van der Waals surface area (Å²) in [5.41, 5.74) is 7.56. The molecule has 0 bridgehead atoms. The van der Waals surface area contributed by atoms with Crippen molar-refractivity contribution in [2.75, 3.05) is 0 Å². The van der Waals surface area contributed by atoms with E-state index in [2.05, 4.69) is 24.3 Å². The van der Waals surface area contributed by atoms with Gasteiger partial charge in [-0.25, -0.2) is 0 Å². The third-order valence-electron chi connectivity index (χ3n) is 4.72. The molecule has 0 heterocycles. The van der Waals surface area contributed by atoms with E-state index in [0.29, 0.717) is 18.4 Å². The molecule has 0 fully saturated rings. The number of aryl methyl sites for hydroxylation is 2. The molecule has 0 radical (unpaired) electrons. The largest absolute Gasteiger partial charge is 0.416 e. The van der Waals surface area contributed by atoms with Crippen molar-refractivity contribution in [2.24, 2.45) is 5.73 Å². The second-order valence-electron chi connectivity index (χ2n) is 6.67. The van der Waals surface area contributed by atoms with Gasteiger partial charge in [0.1, 0.15) is 0 Å². The van der Waals surface area contributed by atoms with Crippen LogP contribution in [-0.2, 0) is 19.0 Å². The van der Waals surface area contributed by atoms with Crippen LogP contribution in [0.1, 0.15) is 29.5 Å². The van der Waals surface area contributed by atoms with Crippen LogP contribution in [0, 0.1) is 0 Å². The van der Waals surface area contributed by atoms with Crippen LogP contribution in [0.2, 0.25) is 0 Å². The lowest BCUT2D eigenvalue weighted by Gasteiger charge is -2.14. The summed E-state index contributed by atoms with van der Waals surface area (Å²) in [6, 6.07) is 20.0. The van der Waals surface area contributed by atoms with Gasteiger partial charge in [0, 0.05) is 6.04 Å². The molecule has 0 aliphatic carbocycles. The maximum atomic E-state index is 12.8. The maximum Gasteiger partial charge on any atom is 0.416 e. The Hall–Kier alpha value is -2.33. The molecule has 26 heavy (non-hydrogen) atoms. The van der Waals surface area contributed by atoms with Gasteiger partial charge < -0.3 is 5.73 Å². The van der Waals surface area contributed by atoms with E-state index < -0.39 is 11.7 Å². The Kier molecular flexibility index (Phi) is 5.62.